The monoisotopic (exact) mass is 373 g/mol. The molecule has 4 N–H and O–H groups in total. The lowest BCUT2D eigenvalue weighted by molar-refractivity contribution is -0.379. The predicted molar refractivity (Wildman–Crippen MR) is 101 cm³/mol. The molecule has 0 aromatic heterocycles. The van der Waals surface area contributed by atoms with Crippen LogP contribution in [0.15, 0.2) is 47.5 Å². The fourth-order valence-electron chi connectivity index (χ4n) is 2.73. The third kappa shape index (κ3) is 3.75. The molecule has 2 aromatic rings. The number of carbonyl (C=O) groups excluding carboxylic acids is 1. The van der Waals surface area contributed by atoms with Crippen LogP contribution in [0.1, 0.15) is 29.3 Å². The summed E-state index contributed by atoms with van der Waals surface area (Å²) in [5.74, 6) is -0.179. The molecule has 0 saturated carbocycles. The molecule has 8 heteroatoms. The first-order valence-electron chi connectivity index (χ1n) is 7.99. The summed E-state index contributed by atoms with van der Waals surface area (Å²) >= 11 is 1.49. The number of carbonyl (C=O) groups is 1. The van der Waals surface area contributed by atoms with Gasteiger partial charge in [-0.1, -0.05) is 17.8 Å². The number of hydrogen-bond donors (Lipinski definition) is 3. The van der Waals surface area contributed by atoms with E-state index in [-0.39, 0.29) is 5.69 Å². The Hall–Kier alpha value is -2.74. The Labute approximate surface area is 154 Å². The Morgan fingerprint density at radius 3 is 2.69 bits per heavy atom. The van der Waals surface area contributed by atoms with Crippen LogP contribution < -0.4 is 16.2 Å². The minimum absolute atomic E-state index is 0.0757. The summed E-state index contributed by atoms with van der Waals surface area (Å²) in [6.45, 7) is 1.94. The van der Waals surface area contributed by atoms with E-state index in [4.69, 9.17) is 5.73 Å². The normalized spacial score (nSPS) is 19.5. The first kappa shape index (κ1) is 18.1. The summed E-state index contributed by atoms with van der Waals surface area (Å²) in [6.07, 6.45) is 0.765. The van der Waals surface area contributed by atoms with E-state index < -0.39 is 17.3 Å². The summed E-state index contributed by atoms with van der Waals surface area (Å²) in [4.78, 5) is 27.4. The number of nitrogens with zero attached hydrogens (tertiary/aromatic N) is 1. The van der Waals surface area contributed by atoms with Crippen molar-refractivity contribution < 1.29 is 14.4 Å². The molecule has 1 unspecified atom stereocenters. The molecule has 0 aliphatic carbocycles. The molecule has 0 fully saturated rings. The van der Waals surface area contributed by atoms with Crippen molar-refractivity contribution in [2.45, 2.75) is 18.9 Å². The average molecular weight is 373 g/mol. The van der Waals surface area contributed by atoms with Gasteiger partial charge in [-0.25, -0.2) is 4.39 Å². The number of aliphatic imine (C=N–C) groups is 1. The number of benzene rings is 2. The Morgan fingerprint density at radius 1 is 1.31 bits per heavy atom. The summed E-state index contributed by atoms with van der Waals surface area (Å²) in [5, 5.41) is 4.81. The SMILES string of the molecule is CC1(c2ccc(F)c(NC(=O)c3ccc([NH+]=O)cc3)c2)CCSC(N)=N1. The lowest BCUT2D eigenvalue weighted by atomic mass is 9.89. The van der Waals surface area contributed by atoms with E-state index in [0.717, 1.165) is 17.7 Å². The van der Waals surface area contributed by atoms with Gasteiger partial charge in [0.15, 0.2) is 5.17 Å². The quantitative estimate of drug-likeness (QED) is 0.765. The Kier molecular flexibility index (Phi) is 5.03. The Bertz CT molecular complexity index is 885. The van der Waals surface area contributed by atoms with E-state index in [1.807, 2.05) is 6.92 Å². The standard InChI is InChI=1S/C18H17FN4O2S/c1-18(8-9-26-17(20)22-18)12-4-7-14(19)15(10-12)21-16(24)11-2-5-13(23-25)6-3-11/h2-7,10H,8-9H2,1H3,(H2,20,22)(H,21,24)/p+1. The third-order valence-electron chi connectivity index (χ3n) is 4.30. The number of rotatable bonds is 4. The van der Waals surface area contributed by atoms with Crippen LogP contribution in [0.25, 0.3) is 0 Å². The van der Waals surface area contributed by atoms with Crippen LogP contribution in [-0.4, -0.2) is 16.8 Å². The van der Waals surface area contributed by atoms with Gasteiger partial charge >= 0.3 is 0 Å². The van der Waals surface area contributed by atoms with Crippen LogP contribution in [0.4, 0.5) is 15.8 Å². The summed E-state index contributed by atoms with van der Waals surface area (Å²) in [6, 6.07) is 10.5. The number of thioether (sulfide) groups is 1. The fraction of sp³-hybridized carbons (Fsp3) is 0.222. The highest BCUT2D eigenvalue weighted by Crippen LogP contribution is 2.36. The van der Waals surface area contributed by atoms with Crippen LogP contribution in [0.5, 0.6) is 0 Å². The van der Waals surface area contributed by atoms with Crippen LogP contribution in [-0.2, 0) is 5.54 Å². The molecule has 26 heavy (non-hydrogen) atoms. The van der Waals surface area contributed by atoms with Gasteiger partial charge in [-0.15, -0.1) is 0 Å². The molecule has 1 aliphatic rings. The second kappa shape index (κ2) is 7.25. The highest BCUT2D eigenvalue weighted by Gasteiger charge is 2.30. The summed E-state index contributed by atoms with van der Waals surface area (Å²) in [7, 11) is 0. The number of anilines is 1. The van der Waals surface area contributed by atoms with Crippen molar-refractivity contribution in [1.29, 1.82) is 0 Å². The van der Waals surface area contributed by atoms with Crippen molar-refractivity contribution in [3.05, 3.63) is 64.3 Å². The molecule has 1 amide bonds. The predicted octanol–water partition coefficient (Wildman–Crippen LogP) is 2.22. The number of nitrogens with two attached hydrogens (primary N) is 1. The van der Waals surface area contributed by atoms with Gasteiger partial charge in [0, 0.05) is 33.5 Å². The highest BCUT2D eigenvalue weighted by atomic mass is 32.2. The zero-order valence-electron chi connectivity index (χ0n) is 14.1. The maximum absolute atomic E-state index is 14.2. The summed E-state index contributed by atoms with van der Waals surface area (Å²) in [5.41, 5.74) is 6.80. The smallest absolute Gasteiger partial charge is 0.255 e. The second-order valence-corrected chi connectivity index (χ2v) is 7.27. The Balaban J connectivity index is 1.87. The molecular weight excluding hydrogens is 355 g/mol. The minimum atomic E-state index is -0.552. The van der Waals surface area contributed by atoms with E-state index in [0.29, 0.717) is 16.4 Å². The molecule has 6 nitrogen and oxygen atoms in total. The third-order valence-corrected chi connectivity index (χ3v) is 5.09. The van der Waals surface area contributed by atoms with Crippen LogP contribution in [0.3, 0.4) is 0 Å². The zero-order valence-corrected chi connectivity index (χ0v) is 14.9. The molecule has 0 bridgehead atoms. The first-order valence-corrected chi connectivity index (χ1v) is 8.97. The molecule has 0 spiro atoms. The largest absolute Gasteiger partial charge is 0.379 e. The number of amides is 1. The van der Waals surface area contributed by atoms with Gasteiger partial charge in [-0.05, 0) is 43.2 Å². The number of amidine groups is 1. The molecule has 134 valence electrons. The van der Waals surface area contributed by atoms with E-state index in [1.54, 1.807) is 17.3 Å². The van der Waals surface area contributed by atoms with Gasteiger partial charge < -0.3 is 11.1 Å². The van der Waals surface area contributed by atoms with Crippen molar-refractivity contribution in [1.82, 2.24) is 0 Å². The second-order valence-electron chi connectivity index (χ2n) is 6.15. The molecule has 3 rings (SSSR count). The molecular formula is C18H18FN4O2S+. The van der Waals surface area contributed by atoms with Gasteiger partial charge in [-0.2, -0.15) is 0 Å². The van der Waals surface area contributed by atoms with Gasteiger partial charge in [0.25, 0.3) is 11.6 Å². The zero-order chi connectivity index (χ0) is 18.7. The molecule has 0 radical (unpaired) electrons. The number of nitrogens with one attached hydrogen (secondary N) is 2. The van der Waals surface area contributed by atoms with Gasteiger partial charge in [0.2, 0.25) is 0 Å². The topological polar surface area (TPSA) is 98.5 Å². The molecule has 0 saturated heterocycles. The number of halogens is 1. The van der Waals surface area contributed by atoms with Crippen molar-refractivity contribution in [3.63, 3.8) is 0 Å². The maximum atomic E-state index is 14.2. The summed E-state index contributed by atoms with van der Waals surface area (Å²) < 4.78 is 14.2. The minimum Gasteiger partial charge on any atom is -0.379 e. The molecule has 1 aliphatic heterocycles. The van der Waals surface area contributed by atoms with E-state index in [2.05, 4.69) is 10.3 Å². The number of nitroso groups, excluding NO2 is 1. The fourth-order valence-corrected chi connectivity index (χ4v) is 3.71. The number of hydrogen-bond acceptors (Lipinski definition) is 5. The van der Waals surface area contributed by atoms with Crippen molar-refractivity contribution in [2.24, 2.45) is 10.7 Å². The molecule has 2 aromatic carbocycles. The molecule has 1 heterocycles. The lowest BCUT2D eigenvalue weighted by Crippen LogP contribution is -2.55. The lowest BCUT2D eigenvalue weighted by Gasteiger charge is -2.30. The van der Waals surface area contributed by atoms with E-state index >= 15 is 0 Å². The van der Waals surface area contributed by atoms with Crippen molar-refractivity contribution >= 4 is 34.2 Å². The van der Waals surface area contributed by atoms with Gasteiger partial charge in [0.1, 0.15) is 5.82 Å². The van der Waals surface area contributed by atoms with Gasteiger partial charge in [-0.3, -0.25) is 9.79 Å². The van der Waals surface area contributed by atoms with Crippen LogP contribution in [0, 0.1) is 10.7 Å². The average Bonchev–Trinajstić information content (AvgIpc) is 2.63. The van der Waals surface area contributed by atoms with Crippen molar-refractivity contribution in [2.75, 3.05) is 11.1 Å². The van der Waals surface area contributed by atoms with Gasteiger partial charge in [0.05, 0.1) is 11.2 Å². The van der Waals surface area contributed by atoms with Crippen LogP contribution in [0.2, 0.25) is 0 Å². The van der Waals surface area contributed by atoms with E-state index in [1.165, 1.54) is 42.1 Å². The maximum Gasteiger partial charge on any atom is 0.255 e. The Morgan fingerprint density at radius 2 is 2.04 bits per heavy atom. The van der Waals surface area contributed by atoms with Crippen molar-refractivity contribution in [3.8, 4) is 0 Å². The first-order chi connectivity index (χ1) is 12.4. The van der Waals surface area contributed by atoms with Crippen LogP contribution >= 0.6 is 11.8 Å². The molecule has 1 atom stereocenters. The van der Waals surface area contributed by atoms with E-state index in [9.17, 15) is 14.1 Å². The highest BCUT2D eigenvalue weighted by molar-refractivity contribution is 8.13.